The Bertz CT molecular complexity index is 832. The lowest BCUT2D eigenvalue weighted by atomic mass is 10.2. The molecule has 0 radical (unpaired) electrons. The standard InChI is InChI=1S/C16H16N6O2/c1-23-15-9-13(10-18-22-16(17)19-20-21-22)7-8-14(15)24-11-12-5-3-2-4-6-12/h2-10H,11H2,1H3,(H2,17,19,21)/b18-10+. The second-order valence-electron chi connectivity index (χ2n) is 4.86. The Morgan fingerprint density at radius 2 is 2.00 bits per heavy atom. The molecule has 0 saturated carbocycles. The van der Waals surface area contributed by atoms with Gasteiger partial charge in [-0.05, 0) is 39.8 Å². The Labute approximate surface area is 138 Å². The predicted octanol–water partition coefficient (Wildman–Crippen LogP) is 1.73. The van der Waals surface area contributed by atoms with Gasteiger partial charge in [0.2, 0.25) is 0 Å². The maximum Gasteiger partial charge on any atom is 0.263 e. The van der Waals surface area contributed by atoms with Crippen LogP contribution in [0.2, 0.25) is 0 Å². The predicted molar refractivity (Wildman–Crippen MR) is 89.0 cm³/mol. The van der Waals surface area contributed by atoms with E-state index < -0.39 is 0 Å². The first-order valence-electron chi connectivity index (χ1n) is 7.19. The van der Waals surface area contributed by atoms with Crippen molar-refractivity contribution in [3.63, 3.8) is 0 Å². The first-order valence-corrected chi connectivity index (χ1v) is 7.19. The van der Waals surface area contributed by atoms with Gasteiger partial charge in [-0.25, -0.2) is 0 Å². The second-order valence-corrected chi connectivity index (χ2v) is 4.86. The Kier molecular flexibility index (Phi) is 4.66. The van der Waals surface area contributed by atoms with Gasteiger partial charge in [-0.1, -0.05) is 40.2 Å². The van der Waals surface area contributed by atoms with E-state index in [4.69, 9.17) is 15.2 Å². The summed E-state index contributed by atoms with van der Waals surface area (Å²) in [7, 11) is 1.59. The molecule has 1 aromatic heterocycles. The van der Waals surface area contributed by atoms with Crippen molar-refractivity contribution >= 4 is 12.2 Å². The van der Waals surface area contributed by atoms with Gasteiger partial charge in [0.15, 0.2) is 11.5 Å². The maximum absolute atomic E-state index is 5.81. The van der Waals surface area contributed by atoms with Crippen molar-refractivity contribution in [1.29, 1.82) is 0 Å². The fourth-order valence-electron chi connectivity index (χ4n) is 2.01. The van der Waals surface area contributed by atoms with Gasteiger partial charge in [-0.15, -0.1) is 0 Å². The summed E-state index contributed by atoms with van der Waals surface area (Å²) in [6, 6.07) is 15.4. The minimum absolute atomic E-state index is 0.112. The molecule has 0 spiro atoms. The first-order chi connectivity index (χ1) is 11.8. The lowest BCUT2D eigenvalue weighted by molar-refractivity contribution is 0.284. The molecule has 0 bridgehead atoms. The lowest BCUT2D eigenvalue weighted by Gasteiger charge is -2.11. The third-order valence-electron chi connectivity index (χ3n) is 3.22. The number of hydrogen-bond donors (Lipinski definition) is 1. The summed E-state index contributed by atoms with van der Waals surface area (Å²) in [4.78, 5) is 1.13. The highest BCUT2D eigenvalue weighted by Crippen LogP contribution is 2.28. The molecule has 0 aliphatic rings. The van der Waals surface area contributed by atoms with Gasteiger partial charge < -0.3 is 15.2 Å². The van der Waals surface area contributed by atoms with Gasteiger partial charge in [0, 0.05) is 0 Å². The molecule has 0 aliphatic heterocycles. The fourth-order valence-corrected chi connectivity index (χ4v) is 2.01. The highest BCUT2D eigenvalue weighted by atomic mass is 16.5. The van der Waals surface area contributed by atoms with E-state index in [1.807, 2.05) is 48.5 Å². The van der Waals surface area contributed by atoms with Crippen LogP contribution in [-0.4, -0.2) is 33.6 Å². The molecular weight excluding hydrogens is 308 g/mol. The quantitative estimate of drug-likeness (QED) is 0.693. The number of benzene rings is 2. The van der Waals surface area contributed by atoms with Crippen LogP contribution in [-0.2, 0) is 6.61 Å². The topological polar surface area (TPSA) is 100 Å². The van der Waals surface area contributed by atoms with E-state index in [0.717, 1.165) is 15.9 Å². The molecule has 3 aromatic rings. The normalized spacial score (nSPS) is 10.9. The number of aromatic nitrogens is 4. The van der Waals surface area contributed by atoms with Crippen molar-refractivity contribution in [3.8, 4) is 11.5 Å². The lowest BCUT2D eigenvalue weighted by Crippen LogP contribution is -2.00. The number of ether oxygens (including phenoxy) is 2. The van der Waals surface area contributed by atoms with E-state index >= 15 is 0 Å². The van der Waals surface area contributed by atoms with Crippen LogP contribution in [0.25, 0.3) is 0 Å². The van der Waals surface area contributed by atoms with Gasteiger partial charge in [-0.2, -0.15) is 5.10 Å². The number of nitrogen functional groups attached to an aromatic ring is 1. The average Bonchev–Trinajstić information content (AvgIpc) is 3.04. The fraction of sp³-hybridized carbons (Fsp3) is 0.125. The van der Waals surface area contributed by atoms with Crippen LogP contribution in [0.15, 0.2) is 53.6 Å². The van der Waals surface area contributed by atoms with E-state index in [9.17, 15) is 0 Å². The number of methoxy groups -OCH3 is 1. The Hall–Kier alpha value is -3.42. The van der Waals surface area contributed by atoms with E-state index in [0.29, 0.717) is 18.1 Å². The summed E-state index contributed by atoms with van der Waals surface area (Å²) in [5.41, 5.74) is 7.43. The smallest absolute Gasteiger partial charge is 0.263 e. The maximum atomic E-state index is 5.81. The molecule has 2 aromatic carbocycles. The van der Waals surface area contributed by atoms with Crippen LogP contribution in [0.5, 0.6) is 11.5 Å². The zero-order valence-electron chi connectivity index (χ0n) is 13.0. The third-order valence-corrected chi connectivity index (χ3v) is 3.22. The van der Waals surface area contributed by atoms with Crippen LogP contribution < -0.4 is 15.2 Å². The summed E-state index contributed by atoms with van der Waals surface area (Å²) in [6.45, 7) is 0.464. The molecule has 2 N–H and O–H groups in total. The van der Waals surface area contributed by atoms with E-state index in [1.165, 1.54) is 0 Å². The Balaban J connectivity index is 1.73. The van der Waals surface area contributed by atoms with E-state index in [-0.39, 0.29) is 5.95 Å². The zero-order valence-corrected chi connectivity index (χ0v) is 13.0. The highest BCUT2D eigenvalue weighted by Gasteiger charge is 2.06. The van der Waals surface area contributed by atoms with Crippen LogP contribution >= 0.6 is 0 Å². The molecule has 8 nitrogen and oxygen atoms in total. The Morgan fingerprint density at radius 1 is 1.17 bits per heavy atom. The number of anilines is 1. The van der Waals surface area contributed by atoms with Crippen LogP contribution in [0.1, 0.15) is 11.1 Å². The molecular formula is C16H16N6O2. The van der Waals surface area contributed by atoms with Gasteiger partial charge >= 0.3 is 0 Å². The van der Waals surface area contributed by atoms with Crippen molar-refractivity contribution in [3.05, 3.63) is 59.7 Å². The van der Waals surface area contributed by atoms with Crippen LogP contribution in [0.4, 0.5) is 5.95 Å². The van der Waals surface area contributed by atoms with Gasteiger partial charge in [0.25, 0.3) is 5.95 Å². The van der Waals surface area contributed by atoms with Crippen molar-refractivity contribution in [1.82, 2.24) is 20.3 Å². The number of nitrogens with zero attached hydrogens (tertiary/aromatic N) is 5. The van der Waals surface area contributed by atoms with Crippen LogP contribution in [0, 0.1) is 0 Å². The molecule has 122 valence electrons. The molecule has 1 heterocycles. The summed E-state index contributed by atoms with van der Waals surface area (Å²) in [5.74, 6) is 1.38. The number of nitrogens with two attached hydrogens (primary N) is 1. The largest absolute Gasteiger partial charge is 0.493 e. The molecule has 3 rings (SSSR count). The zero-order chi connectivity index (χ0) is 16.8. The summed E-state index contributed by atoms with van der Waals surface area (Å²) >= 11 is 0. The number of tetrazole rings is 1. The molecule has 0 fully saturated rings. The van der Waals surface area contributed by atoms with E-state index in [1.54, 1.807) is 13.3 Å². The van der Waals surface area contributed by atoms with Gasteiger partial charge in [0.05, 0.1) is 13.3 Å². The molecule has 0 aliphatic carbocycles. The van der Waals surface area contributed by atoms with Crippen molar-refractivity contribution in [2.45, 2.75) is 6.61 Å². The van der Waals surface area contributed by atoms with Crippen molar-refractivity contribution in [2.24, 2.45) is 5.10 Å². The van der Waals surface area contributed by atoms with Crippen molar-refractivity contribution in [2.75, 3.05) is 12.8 Å². The molecule has 0 saturated heterocycles. The second kappa shape index (κ2) is 7.23. The Morgan fingerprint density at radius 3 is 2.71 bits per heavy atom. The summed E-state index contributed by atoms with van der Waals surface area (Å²) < 4.78 is 11.2. The van der Waals surface area contributed by atoms with Gasteiger partial charge in [-0.3, -0.25) is 0 Å². The number of hydrogen-bond acceptors (Lipinski definition) is 7. The molecule has 0 unspecified atom stereocenters. The first kappa shape index (κ1) is 15.5. The minimum atomic E-state index is 0.112. The summed E-state index contributed by atoms with van der Waals surface area (Å²) in [6.07, 6.45) is 1.58. The summed E-state index contributed by atoms with van der Waals surface area (Å²) in [5, 5.41) is 14.7. The average molecular weight is 324 g/mol. The molecule has 0 atom stereocenters. The molecule has 0 amide bonds. The van der Waals surface area contributed by atoms with Gasteiger partial charge in [0.1, 0.15) is 6.61 Å². The third kappa shape index (κ3) is 3.67. The molecule has 8 heteroatoms. The minimum Gasteiger partial charge on any atom is -0.493 e. The van der Waals surface area contributed by atoms with E-state index in [2.05, 4.69) is 20.6 Å². The van der Waals surface area contributed by atoms with Crippen LogP contribution in [0.3, 0.4) is 0 Å². The highest BCUT2D eigenvalue weighted by molar-refractivity contribution is 5.80. The number of rotatable bonds is 6. The van der Waals surface area contributed by atoms with Crippen molar-refractivity contribution < 1.29 is 9.47 Å². The monoisotopic (exact) mass is 324 g/mol. The molecule has 24 heavy (non-hydrogen) atoms. The SMILES string of the molecule is COc1cc(/C=N/n2nnnc2N)ccc1OCc1ccccc1.